The predicted molar refractivity (Wildman–Crippen MR) is 87.1 cm³/mol. The standard InChI is InChI=1S/C16H24ClN3O2.ClH/c17-14-5-7-15(8-6-14)22-13-16(21)19-18-9-12-20-10-3-1-2-4-11-20;/h5-8,18H,1-4,9-13H2,(H,19,21);1H. The summed E-state index contributed by atoms with van der Waals surface area (Å²) < 4.78 is 5.37. The summed E-state index contributed by atoms with van der Waals surface area (Å²) in [5.41, 5.74) is 5.64. The van der Waals surface area contributed by atoms with Crippen LogP contribution < -0.4 is 32.9 Å². The van der Waals surface area contributed by atoms with Crippen LogP contribution in [0.4, 0.5) is 0 Å². The number of hydrogen-bond donors (Lipinski definition) is 3. The topological polar surface area (TPSA) is 54.8 Å². The van der Waals surface area contributed by atoms with Crippen LogP contribution in [0.25, 0.3) is 0 Å². The fraction of sp³-hybridized carbons (Fsp3) is 0.562. The van der Waals surface area contributed by atoms with Crippen LogP contribution in [-0.4, -0.2) is 38.7 Å². The van der Waals surface area contributed by atoms with Crippen LogP contribution >= 0.6 is 11.6 Å². The monoisotopic (exact) mass is 361 g/mol. The van der Waals surface area contributed by atoms with E-state index in [0.717, 1.165) is 13.1 Å². The predicted octanol–water partition coefficient (Wildman–Crippen LogP) is -2.20. The van der Waals surface area contributed by atoms with Crippen molar-refractivity contribution in [3.63, 3.8) is 0 Å². The number of carbonyl (C=O) groups excluding carboxylic acids is 1. The lowest BCUT2D eigenvalue weighted by molar-refractivity contribution is -0.898. The van der Waals surface area contributed by atoms with E-state index in [1.807, 2.05) is 0 Å². The second-order valence-electron chi connectivity index (χ2n) is 5.63. The lowest BCUT2D eigenvalue weighted by Crippen LogP contribution is -3.12. The molecule has 0 aromatic heterocycles. The molecule has 0 bridgehead atoms. The molecule has 1 amide bonds. The molecule has 1 heterocycles. The highest BCUT2D eigenvalue weighted by atomic mass is 35.5. The minimum atomic E-state index is -0.180. The minimum Gasteiger partial charge on any atom is -1.00 e. The van der Waals surface area contributed by atoms with Crippen LogP contribution in [0.15, 0.2) is 24.3 Å². The molecule has 5 nitrogen and oxygen atoms in total. The van der Waals surface area contributed by atoms with Crippen LogP contribution in [0.1, 0.15) is 25.7 Å². The SMILES string of the molecule is O=C(COc1ccc(Cl)cc1)NNCC[NH+]1CCCCCC1.[Cl-]. The first-order valence-corrected chi connectivity index (χ1v) is 8.35. The van der Waals surface area contributed by atoms with Gasteiger partial charge in [-0.05, 0) is 49.9 Å². The smallest absolute Gasteiger partial charge is 0.271 e. The largest absolute Gasteiger partial charge is 1.00 e. The summed E-state index contributed by atoms with van der Waals surface area (Å²) in [7, 11) is 0. The number of amides is 1. The molecule has 1 aliphatic heterocycles. The van der Waals surface area contributed by atoms with E-state index in [1.54, 1.807) is 29.2 Å². The van der Waals surface area contributed by atoms with Crippen molar-refractivity contribution in [3.8, 4) is 5.75 Å². The van der Waals surface area contributed by atoms with Gasteiger partial charge in [-0.3, -0.25) is 10.2 Å². The molecular formula is C16H25Cl2N3O2. The van der Waals surface area contributed by atoms with Gasteiger partial charge in [0.25, 0.3) is 5.91 Å². The molecule has 0 atom stereocenters. The van der Waals surface area contributed by atoms with Crippen molar-refractivity contribution in [1.29, 1.82) is 0 Å². The van der Waals surface area contributed by atoms with Gasteiger partial charge in [0, 0.05) is 5.02 Å². The Hall–Kier alpha value is -1.01. The van der Waals surface area contributed by atoms with Gasteiger partial charge in [0.05, 0.1) is 26.2 Å². The first kappa shape index (κ1) is 20.0. The highest BCUT2D eigenvalue weighted by molar-refractivity contribution is 6.30. The summed E-state index contributed by atoms with van der Waals surface area (Å²) in [6.45, 7) is 4.30. The van der Waals surface area contributed by atoms with Crippen molar-refractivity contribution in [2.24, 2.45) is 0 Å². The van der Waals surface area contributed by atoms with Gasteiger partial charge in [-0.2, -0.15) is 0 Å². The molecule has 0 spiro atoms. The first-order valence-electron chi connectivity index (χ1n) is 7.98. The number of benzene rings is 1. The third-order valence-electron chi connectivity index (χ3n) is 3.83. The highest BCUT2D eigenvalue weighted by Crippen LogP contribution is 2.15. The van der Waals surface area contributed by atoms with Gasteiger partial charge in [-0.15, -0.1) is 0 Å². The maximum absolute atomic E-state index is 11.7. The highest BCUT2D eigenvalue weighted by Gasteiger charge is 2.11. The van der Waals surface area contributed by atoms with Crippen LogP contribution in [0.2, 0.25) is 5.02 Å². The summed E-state index contributed by atoms with van der Waals surface area (Å²) in [5.74, 6) is 0.453. The molecule has 1 aromatic carbocycles. The Morgan fingerprint density at radius 1 is 1.13 bits per heavy atom. The van der Waals surface area contributed by atoms with Crippen molar-refractivity contribution in [1.82, 2.24) is 10.9 Å². The van der Waals surface area contributed by atoms with Gasteiger partial charge in [0.15, 0.2) is 6.61 Å². The van der Waals surface area contributed by atoms with Gasteiger partial charge >= 0.3 is 0 Å². The first-order chi connectivity index (χ1) is 10.7. The molecule has 1 saturated heterocycles. The fourth-order valence-electron chi connectivity index (χ4n) is 2.59. The number of ether oxygens (including phenoxy) is 1. The van der Waals surface area contributed by atoms with Gasteiger partial charge < -0.3 is 22.0 Å². The van der Waals surface area contributed by atoms with Crippen molar-refractivity contribution >= 4 is 17.5 Å². The number of rotatable bonds is 7. The van der Waals surface area contributed by atoms with E-state index in [2.05, 4.69) is 10.9 Å². The molecule has 0 unspecified atom stereocenters. The average Bonchev–Trinajstić information content (AvgIpc) is 2.80. The molecule has 130 valence electrons. The maximum Gasteiger partial charge on any atom is 0.271 e. The zero-order chi connectivity index (χ0) is 15.6. The number of nitrogens with one attached hydrogen (secondary N) is 3. The van der Waals surface area contributed by atoms with E-state index < -0.39 is 0 Å². The van der Waals surface area contributed by atoms with E-state index in [9.17, 15) is 4.79 Å². The fourth-order valence-corrected chi connectivity index (χ4v) is 2.72. The molecule has 2 rings (SSSR count). The Labute approximate surface area is 149 Å². The normalized spacial score (nSPS) is 15.3. The maximum atomic E-state index is 11.7. The van der Waals surface area contributed by atoms with Crippen LogP contribution in [0, 0.1) is 0 Å². The molecule has 0 radical (unpaired) electrons. The molecule has 23 heavy (non-hydrogen) atoms. The van der Waals surface area contributed by atoms with E-state index >= 15 is 0 Å². The minimum absolute atomic E-state index is 0. The molecule has 0 saturated carbocycles. The van der Waals surface area contributed by atoms with Crippen molar-refractivity contribution in [3.05, 3.63) is 29.3 Å². The summed E-state index contributed by atoms with van der Waals surface area (Å²) in [5, 5.41) is 0.648. The Bertz CT molecular complexity index is 449. The molecule has 1 aliphatic rings. The number of hydrogen-bond acceptors (Lipinski definition) is 3. The molecule has 7 heteroatoms. The van der Waals surface area contributed by atoms with Crippen molar-refractivity contribution in [2.45, 2.75) is 25.7 Å². The summed E-state index contributed by atoms with van der Waals surface area (Å²) in [4.78, 5) is 13.3. The molecule has 1 fully saturated rings. The molecule has 0 aliphatic carbocycles. The Kier molecular flexibility index (Phi) is 10.0. The third kappa shape index (κ3) is 8.42. The zero-order valence-corrected chi connectivity index (χ0v) is 14.8. The lowest BCUT2D eigenvalue weighted by atomic mass is 10.2. The van der Waals surface area contributed by atoms with Crippen molar-refractivity contribution in [2.75, 3.05) is 32.8 Å². The van der Waals surface area contributed by atoms with E-state index in [0.29, 0.717) is 10.8 Å². The molecular weight excluding hydrogens is 337 g/mol. The van der Waals surface area contributed by atoms with Crippen LogP contribution in [0.3, 0.4) is 0 Å². The number of quaternary nitrogens is 1. The Morgan fingerprint density at radius 2 is 1.78 bits per heavy atom. The second kappa shape index (κ2) is 11.5. The van der Waals surface area contributed by atoms with Crippen LogP contribution in [-0.2, 0) is 4.79 Å². The Morgan fingerprint density at radius 3 is 2.43 bits per heavy atom. The van der Waals surface area contributed by atoms with E-state index in [1.165, 1.54) is 38.8 Å². The van der Waals surface area contributed by atoms with Gasteiger partial charge in [-0.1, -0.05) is 11.6 Å². The summed E-state index contributed by atoms with van der Waals surface area (Å²) >= 11 is 5.79. The second-order valence-corrected chi connectivity index (χ2v) is 6.07. The third-order valence-corrected chi connectivity index (χ3v) is 4.08. The number of halogens is 2. The lowest BCUT2D eigenvalue weighted by Gasteiger charge is -2.17. The number of likely N-dealkylation sites (tertiary alicyclic amines) is 1. The molecule has 3 N–H and O–H groups in total. The molecule has 1 aromatic rings. The van der Waals surface area contributed by atoms with Crippen LogP contribution in [0.5, 0.6) is 5.75 Å². The average molecular weight is 362 g/mol. The van der Waals surface area contributed by atoms with Gasteiger partial charge in [0.2, 0.25) is 0 Å². The van der Waals surface area contributed by atoms with Crippen molar-refractivity contribution < 1.29 is 26.8 Å². The zero-order valence-electron chi connectivity index (χ0n) is 13.2. The van der Waals surface area contributed by atoms with Gasteiger partial charge in [0.1, 0.15) is 5.75 Å². The summed E-state index contributed by atoms with van der Waals surface area (Å²) in [6, 6.07) is 6.95. The van der Waals surface area contributed by atoms with E-state index in [4.69, 9.17) is 16.3 Å². The number of hydrazine groups is 1. The summed E-state index contributed by atoms with van der Waals surface area (Å²) in [6.07, 6.45) is 5.35. The quantitative estimate of drug-likeness (QED) is 0.381. The van der Waals surface area contributed by atoms with Gasteiger partial charge in [-0.25, -0.2) is 5.43 Å². The Balaban J connectivity index is 0.00000264. The van der Waals surface area contributed by atoms with E-state index in [-0.39, 0.29) is 24.9 Å². The number of carbonyl (C=O) groups is 1.